The molecule has 0 atom stereocenters. The first-order chi connectivity index (χ1) is 8.13. The van der Waals surface area contributed by atoms with E-state index in [1.807, 2.05) is 30.4 Å². The molecule has 1 aromatic heterocycles. The third kappa shape index (κ3) is 5.23. The van der Waals surface area contributed by atoms with Gasteiger partial charge in [0.25, 0.3) is 0 Å². The Labute approximate surface area is 106 Å². The van der Waals surface area contributed by atoms with E-state index in [2.05, 4.69) is 16.6 Å². The van der Waals surface area contributed by atoms with E-state index >= 15 is 0 Å². The molecule has 1 rings (SSSR count). The molecule has 3 N–H and O–H groups in total. The van der Waals surface area contributed by atoms with Crippen LogP contribution in [0, 0.1) is 6.92 Å². The zero-order chi connectivity index (χ0) is 12.7. The van der Waals surface area contributed by atoms with Gasteiger partial charge in [-0.2, -0.15) is 5.10 Å². The Morgan fingerprint density at radius 1 is 1.53 bits per heavy atom. The number of carbonyl (C=O) groups is 1. The quantitative estimate of drug-likeness (QED) is 0.254. The number of carbonyl (C=O) groups excluding carboxylic acids is 1. The highest BCUT2D eigenvalue weighted by Crippen LogP contribution is 2.19. The molecule has 0 fully saturated rings. The van der Waals surface area contributed by atoms with Gasteiger partial charge in [-0.1, -0.05) is 6.42 Å². The lowest BCUT2D eigenvalue weighted by molar-refractivity contribution is -0.121. The Kier molecular flexibility index (Phi) is 6.07. The highest BCUT2D eigenvalue weighted by molar-refractivity contribution is 7.99. The number of amides is 1. The highest BCUT2D eigenvalue weighted by atomic mass is 32.2. The fourth-order valence-electron chi connectivity index (χ4n) is 1.54. The number of hydrogen-bond donors (Lipinski definition) is 2. The minimum absolute atomic E-state index is 0.0834. The first-order valence-corrected chi connectivity index (χ1v) is 6.75. The number of aryl methyl sites for hydroxylation is 2. The van der Waals surface area contributed by atoms with Gasteiger partial charge < -0.3 is 0 Å². The highest BCUT2D eigenvalue weighted by Gasteiger charge is 2.02. The molecule has 0 radical (unpaired) electrons. The fourth-order valence-corrected chi connectivity index (χ4v) is 2.57. The van der Waals surface area contributed by atoms with Crippen LogP contribution in [0.1, 0.15) is 31.4 Å². The van der Waals surface area contributed by atoms with Crippen molar-refractivity contribution in [3.63, 3.8) is 0 Å². The molecule has 6 heteroatoms. The van der Waals surface area contributed by atoms with Crippen molar-refractivity contribution >= 4 is 17.7 Å². The topological polar surface area (TPSA) is 72.9 Å². The molecular weight excluding hydrogens is 236 g/mol. The molecule has 0 unspecified atom stereocenters. The van der Waals surface area contributed by atoms with E-state index in [1.54, 1.807) is 0 Å². The molecule has 1 aromatic rings. The van der Waals surface area contributed by atoms with Gasteiger partial charge in [0.15, 0.2) is 0 Å². The van der Waals surface area contributed by atoms with E-state index < -0.39 is 0 Å². The zero-order valence-corrected chi connectivity index (χ0v) is 11.2. The van der Waals surface area contributed by atoms with Gasteiger partial charge in [0.2, 0.25) is 5.91 Å². The van der Waals surface area contributed by atoms with Crippen LogP contribution in [0.3, 0.4) is 0 Å². The van der Waals surface area contributed by atoms with Gasteiger partial charge >= 0.3 is 0 Å². The van der Waals surface area contributed by atoms with Gasteiger partial charge in [0, 0.05) is 13.5 Å². The molecule has 0 aliphatic carbocycles. The second-order valence-corrected chi connectivity index (χ2v) is 5.09. The molecule has 17 heavy (non-hydrogen) atoms. The van der Waals surface area contributed by atoms with Crippen LogP contribution in [0.5, 0.6) is 0 Å². The normalized spacial score (nSPS) is 10.5. The number of nitrogens with two attached hydrogens (primary N) is 1. The summed E-state index contributed by atoms with van der Waals surface area (Å²) in [5.74, 6) is 5.97. The average Bonchev–Trinajstić information content (AvgIpc) is 2.62. The molecule has 0 aromatic carbocycles. The van der Waals surface area contributed by atoms with Crippen LogP contribution in [0.25, 0.3) is 0 Å². The van der Waals surface area contributed by atoms with E-state index in [0.29, 0.717) is 6.42 Å². The minimum atomic E-state index is -0.0834. The summed E-state index contributed by atoms with van der Waals surface area (Å²) in [6.45, 7) is 2.00. The molecule has 1 heterocycles. The Morgan fingerprint density at radius 2 is 2.29 bits per heavy atom. The summed E-state index contributed by atoms with van der Waals surface area (Å²) in [4.78, 5) is 10.9. The Balaban J connectivity index is 2.08. The molecule has 0 saturated carbocycles. The molecule has 0 saturated heterocycles. The van der Waals surface area contributed by atoms with Crippen molar-refractivity contribution in [3.05, 3.63) is 11.8 Å². The van der Waals surface area contributed by atoms with E-state index in [-0.39, 0.29) is 5.91 Å². The zero-order valence-electron chi connectivity index (χ0n) is 10.4. The van der Waals surface area contributed by atoms with Crippen molar-refractivity contribution < 1.29 is 4.79 Å². The Hall–Kier alpha value is -1.01. The van der Waals surface area contributed by atoms with Crippen LogP contribution in [0.15, 0.2) is 11.1 Å². The molecule has 5 nitrogen and oxygen atoms in total. The third-order valence-electron chi connectivity index (χ3n) is 2.42. The van der Waals surface area contributed by atoms with Crippen LogP contribution in [-0.2, 0) is 11.8 Å². The van der Waals surface area contributed by atoms with Gasteiger partial charge in [-0.3, -0.25) is 14.9 Å². The monoisotopic (exact) mass is 256 g/mol. The lowest BCUT2D eigenvalue weighted by Gasteiger charge is -2.02. The van der Waals surface area contributed by atoms with Crippen molar-refractivity contribution in [1.82, 2.24) is 15.2 Å². The SMILES string of the molecule is Cc1cc(SCCCCCC(=O)NN)n(C)n1. The number of aromatic nitrogens is 2. The van der Waals surface area contributed by atoms with Crippen LogP contribution in [0.2, 0.25) is 0 Å². The van der Waals surface area contributed by atoms with Crippen LogP contribution in [-0.4, -0.2) is 21.4 Å². The predicted octanol–water partition coefficient (Wildman–Crippen LogP) is 1.37. The Bertz CT molecular complexity index is 364. The number of thioether (sulfide) groups is 1. The summed E-state index contributed by atoms with van der Waals surface area (Å²) in [5.41, 5.74) is 3.19. The standard InChI is InChI=1S/C11H20N4OS/c1-9-8-11(15(2)14-9)17-7-5-3-4-6-10(16)13-12/h8H,3-7,12H2,1-2H3,(H,13,16). The lowest BCUT2D eigenvalue weighted by Crippen LogP contribution is -2.29. The average molecular weight is 256 g/mol. The van der Waals surface area contributed by atoms with E-state index in [9.17, 15) is 4.79 Å². The number of rotatable bonds is 7. The minimum Gasteiger partial charge on any atom is -0.294 e. The molecule has 0 aliphatic rings. The Morgan fingerprint density at radius 3 is 2.88 bits per heavy atom. The maximum Gasteiger partial charge on any atom is 0.233 e. The lowest BCUT2D eigenvalue weighted by atomic mass is 10.2. The number of unbranched alkanes of at least 4 members (excludes halogenated alkanes) is 2. The number of hydrazine groups is 1. The largest absolute Gasteiger partial charge is 0.294 e. The molecule has 0 spiro atoms. The number of nitrogens with zero attached hydrogens (tertiary/aromatic N) is 2. The van der Waals surface area contributed by atoms with E-state index in [4.69, 9.17) is 5.84 Å². The molecule has 96 valence electrons. The van der Waals surface area contributed by atoms with Gasteiger partial charge in [-0.15, -0.1) is 11.8 Å². The van der Waals surface area contributed by atoms with Crippen LogP contribution < -0.4 is 11.3 Å². The third-order valence-corrected chi connectivity index (χ3v) is 3.59. The van der Waals surface area contributed by atoms with E-state index in [0.717, 1.165) is 30.7 Å². The van der Waals surface area contributed by atoms with Gasteiger partial charge in [0.05, 0.1) is 10.7 Å². The van der Waals surface area contributed by atoms with Gasteiger partial charge in [-0.05, 0) is 31.6 Å². The van der Waals surface area contributed by atoms with Crippen molar-refractivity contribution in [1.29, 1.82) is 0 Å². The molecule has 1 amide bonds. The summed E-state index contributed by atoms with van der Waals surface area (Å²) in [6.07, 6.45) is 3.57. The van der Waals surface area contributed by atoms with Crippen molar-refractivity contribution in [2.75, 3.05) is 5.75 Å². The van der Waals surface area contributed by atoms with Crippen molar-refractivity contribution in [2.24, 2.45) is 12.9 Å². The fraction of sp³-hybridized carbons (Fsp3) is 0.636. The summed E-state index contributed by atoms with van der Waals surface area (Å²) < 4.78 is 1.90. The van der Waals surface area contributed by atoms with Gasteiger partial charge in [0.1, 0.15) is 0 Å². The summed E-state index contributed by atoms with van der Waals surface area (Å²) in [5, 5.41) is 5.49. The second kappa shape index (κ2) is 7.34. The maximum absolute atomic E-state index is 10.9. The summed E-state index contributed by atoms with van der Waals surface area (Å²) >= 11 is 1.81. The van der Waals surface area contributed by atoms with E-state index in [1.165, 1.54) is 5.03 Å². The summed E-state index contributed by atoms with van der Waals surface area (Å²) in [6, 6.07) is 2.09. The first kappa shape index (κ1) is 14.1. The van der Waals surface area contributed by atoms with Crippen molar-refractivity contribution in [2.45, 2.75) is 37.6 Å². The number of nitrogens with one attached hydrogen (secondary N) is 1. The van der Waals surface area contributed by atoms with Gasteiger partial charge in [-0.25, -0.2) is 5.84 Å². The second-order valence-electron chi connectivity index (χ2n) is 3.97. The smallest absolute Gasteiger partial charge is 0.233 e. The van der Waals surface area contributed by atoms with Crippen molar-refractivity contribution in [3.8, 4) is 0 Å². The first-order valence-electron chi connectivity index (χ1n) is 5.76. The number of hydrogen-bond acceptors (Lipinski definition) is 4. The van der Waals surface area contributed by atoms with Crippen LogP contribution in [0.4, 0.5) is 0 Å². The molecule has 0 aliphatic heterocycles. The maximum atomic E-state index is 10.9. The summed E-state index contributed by atoms with van der Waals surface area (Å²) in [7, 11) is 1.96. The molecule has 0 bridgehead atoms. The molecular formula is C11H20N4OS. The predicted molar refractivity (Wildman–Crippen MR) is 69.5 cm³/mol. The van der Waals surface area contributed by atoms with Crippen LogP contribution >= 0.6 is 11.8 Å².